The van der Waals surface area contributed by atoms with E-state index in [-0.39, 0.29) is 5.54 Å². The van der Waals surface area contributed by atoms with E-state index in [4.69, 9.17) is 0 Å². The van der Waals surface area contributed by atoms with Crippen LogP contribution in [0, 0.1) is 11.3 Å². The van der Waals surface area contributed by atoms with Gasteiger partial charge in [0.2, 0.25) is 0 Å². The van der Waals surface area contributed by atoms with Crippen LogP contribution in [0.15, 0.2) is 0 Å². The monoisotopic (exact) mass is 239 g/mol. The Morgan fingerprint density at radius 1 is 1.29 bits per heavy atom. The molecule has 0 fully saturated rings. The SMILES string of the molecule is CCN(CCCC(C)(C#N)NC(C)C)C(C)C. The van der Waals surface area contributed by atoms with Gasteiger partial charge in [0.25, 0.3) is 0 Å². The number of hydrogen-bond donors (Lipinski definition) is 1. The van der Waals surface area contributed by atoms with Gasteiger partial charge >= 0.3 is 0 Å². The summed E-state index contributed by atoms with van der Waals surface area (Å²) >= 11 is 0. The quantitative estimate of drug-likeness (QED) is 0.708. The van der Waals surface area contributed by atoms with Crippen LogP contribution in [0.4, 0.5) is 0 Å². The summed E-state index contributed by atoms with van der Waals surface area (Å²) in [6, 6.07) is 3.34. The molecule has 17 heavy (non-hydrogen) atoms. The largest absolute Gasteiger partial charge is 0.301 e. The molecule has 0 bridgehead atoms. The average molecular weight is 239 g/mol. The molecule has 0 aliphatic carbocycles. The van der Waals surface area contributed by atoms with Gasteiger partial charge in [-0.3, -0.25) is 5.32 Å². The molecule has 0 rings (SSSR count). The fourth-order valence-corrected chi connectivity index (χ4v) is 2.21. The molecule has 0 aliphatic rings. The Bertz CT molecular complexity index is 242. The van der Waals surface area contributed by atoms with E-state index in [1.807, 2.05) is 6.92 Å². The summed E-state index contributed by atoms with van der Waals surface area (Å²) in [7, 11) is 0. The maximum Gasteiger partial charge on any atom is 0.104 e. The third-order valence-electron chi connectivity index (χ3n) is 3.11. The van der Waals surface area contributed by atoms with Crippen LogP contribution in [-0.4, -0.2) is 35.6 Å². The summed E-state index contributed by atoms with van der Waals surface area (Å²) in [5, 5.41) is 12.6. The molecule has 0 radical (unpaired) electrons. The summed E-state index contributed by atoms with van der Waals surface area (Å²) in [6.45, 7) is 15.0. The highest BCUT2D eigenvalue weighted by molar-refractivity contribution is 5.04. The zero-order chi connectivity index (χ0) is 13.5. The van der Waals surface area contributed by atoms with Gasteiger partial charge in [0.1, 0.15) is 5.54 Å². The van der Waals surface area contributed by atoms with Crippen molar-refractivity contribution in [1.29, 1.82) is 5.26 Å². The van der Waals surface area contributed by atoms with Crippen LogP contribution < -0.4 is 5.32 Å². The lowest BCUT2D eigenvalue weighted by Crippen LogP contribution is -2.45. The molecule has 0 saturated heterocycles. The Morgan fingerprint density at radius 3 is 2.24 bits per heavy atom. The summed E-state index contributed by atoms with van der Waals surface area (Å²) in [6.07, 6.45) is 1.97. The first-order valence-corrected chi connectivity index (χ1v) is 6.77. The zero-order valence-corrected chi connectivity index (χ0v) is 12.4. The highest BCUT2D eigenvalue weighted by Crippen LogP contribution is 2.13. The van der Waals surface area contributed by atoms with Crippen molar-refractivity contribution in [3.8, 4) is 6.07 Å². The van der Waals surface area contributed by atoms with Gasteiger partial charge in [0, 0.05) is 12.1 Å². The number of nitrogens with zero attached hydrogens (tertiary/aromatic N) is 2. The first-order valence-electron chi connectivity index (χ1n) is 6.77. The summed E-state index contributed by atoms with van der Waals surface area (Å²) in [5.74, 6) is 0. The van der Waals surface area contributed by atoms with Crippen LogP contribution in [0.25, 0.3) is 0 Å². The Kier molecular flexibility index (Phi) is 7.41. The van der Waals surface area contributed by atoms with Gasteiger partial charge in [-0.1, -0.05) is 6.92 Å². The van der Waals surface area contributed by atoms with Gasteiger partial charge in [0.15, 0.2) is 0 Å². The predicted octanol–water partition coefficient (Wildman–Crippen LogP) is 2.78. The lowest BCUT2D eigenvalue weighted by molar-refractivity contribution is 0.220. The molecule has 0 aromatic rings. The molecule has 0 aliphatic heterocycles. The third kappa shape index (κ3) is 6.65. The normalized spacial score (nSPS) is 15.3. The molecule has 0 saturated carbocycles. The third-order valence-corrected chi connectivity index (χ3v) is 3.11. The topological polar surface area (TPSA) is 39.1 Å². The van der Waals surface area contributed by atoms with Gasteiger partial charge in [-0.2, -0.15) is 5.26 Å². The second kappa shape index (κ2) is 7.68. The molecule has 1 unspecified atom stereocenters. The van der Waals surface area contributed by atoms with E-state index in [1.165, 1.54) is 0 Å². The number of nitriles is 1. The number of nitrogens with one attached hydrogen (secondary N) is 1. The molecule has 1 N–H and O–H groups in total. The molecule has 3 nitrogen and oxygen atoms in total. The first-order chi connectivity index (χ1) is 7.84. The Labute approximate surface area is 107 Å². The molecule has 0 aromatic heterocycles. The number of hydrogen-bond acceptors (Lipinski definition) is 3. The van der Waals surface area contributed by atoms with Crippen molar-refractivity contribution < 1.29 is 0 Å². The number of rotatable bonds is 8. The van der Waals surface area contributed by atoms with Crippen LogP contribution in [0.3, 0.4) is 0 Å². The van der Waals surface area contributed by atoms with E-state index in [9.17, 15) is 5.26 Å². The molecule has 0 aromatic carbocycles. The molecule has 0 spiro atoms. The lowest BCUT2D eigenvalue weighted by Gasteiger charge is -2.29. The fraction of sp³-hybridized carbons (Fsp3) is 0.929. The Hall–Kier alpha value is -0.590. The second-order valence-electron chi connectivity index (χ2n) is 5.57. The zero-order valence-electron chi connectivity index (χ0n) is 12.4. The fourth-order valence-electron chi connectivity index (χ4n) is 2.21. The molecule has 0 amide bonds. The van der Waals surface area contributed by atoms with E-state index in [0.29, 0.717) is 12.1 Å². The van der Waals surface area contributed by atoms with Crippen LogP contribution >= 0.6 is 0 Å². The minimum atomic E-state index is -0.384. The van der Waals surface area contributed by atoms with E-state index < -0.39 is 0 Å². The smallest absolute Gasteiger partial charge is 0.104 e. The van der Waals surface area contributed by atoms with Crippen LogP contribution in [0.2, 0.25) is 0 Å². The average Bonchev–Trinajstić information content (AvgIpc) is 2.23. The van der Waals surface area contributed by atoms with Gasteiger partial charge in [-0.15, -0.1) is 0 Å². The van der Waals surface area contributed by atoms with Crippen molar-refractivity contribution in [1.82, 2.24) is 10.2 Å². The van der Waals surface area contributed by atoms with Crippen LogP contribution in [0.5, 0.6) is 0 Å². The molecule has 0 heterocycles. The maximum atomic E-state index is 9.24. The standard InChI is InChI=1S/C14H29N3/c1-7-17(13(4)5)10-8-9-14(6,11-15)16-12(2)3/h12-13,16H,7-10H2,1-6H3. The van der Waals surface area contributed by atoms with Gasteiger partial charge in [-0.25, -0.2) is 0 Å². The van der Waals surface area contributed by atoms with Crippen molar-refractivity contribution in [3.63, 3.8) is 0 Å². The lowest BCUT2D eigenvalue weighted by atomic mass is 9.96. The van der Waals surface area contributed by atoms with Gasteiger partial charge < -0.3 is 4.90 Å². The van der Waals surface area contributed by atoms with Crippen molar-refractivity contribution in [2.45, 2.75) is 72.0 Å². The Balaban J connectivity index is 4.12. The minimum Gasteiger partial charge on any atom is -0.301 e. The molecule has 1 atom stereocenters. The first kappa shape index (κ1) is 16.4. The minimum absolute atomic E-state index is 0.354. The molecule has 100 valence electrons. The summed E-state index contributed by atoms with van der Waals surface area (Å²) in [5.41, 5.74) is -0.384. The predicted molar refractivity (Wildman–Crippen MR) is 73.9 cm³/mol. The van der Waals surface area contributed by atoms with Gasteiger partial charge in [0.05, 0.1) is 6.07 Å². The highest BCUT2D eigenvalue weighted by atomic mass is 15.1. The molecular weight excluding hydrogens is 210 g/mol. The van der Waals surface area contributed by atoms with Crippen LogP contribution in [-0.2, 0) is 0 Å². The van der Waals surface area contributed by atoms with Gasteiger partial charge in [-0.05, 0) is 60.5 Å². The Morgan fingerprint density at radius 2 is 1.88 bits per heavy atom. The van der Waals surface area contributed by atoms with Crippen molar-refractivity contribution in [2.24, 2.45) is 0 Å². The second-order valence-corrected chi connectivity index (χ2v) is 5.57. The van der Waals surface area contributed by atoms with Crippen molar-refractivity contribution >= 4 is 0 Å². The summed E-state index contributed by atoms with van der Waals surface area (Å²) < 4.78 is 0. The molecule has 3 heteroatoms. The van der Waals surface area contributed by atoms with Crippen molar-refractivity contribution in [2.75, 3.05) is 13.1 Å². The maximum absolute atomic E-state index is 9.24. The van der Waals surface area contributed by atoms with E-state index in [1.54, 1.807) is 0 Å². The molecular formula is C14H29N3. The van der Waals surface area contributed by atoms with E-state index in [2.05, 4.69) is 50.9 Å². The van der Waals surface area contributed by atoms with E-state index >= 15 is 0 Å². The highest BCUT2D eigenvalue weighted by Gasteiger charge is 2.24. The van der Waals surface area contributed by atoms with Crippen molar-refractivity contribution in [3.05, 3.63) is 0 Å². The summed E-state index contributed by atoms with van der Waals surface area (Å²) in [4.78, 5) is 2.44. The van der Waals surface area contributed by atoms with E-state index in [0.717, 1.165) is 25.9 Å². The van der Waals surface area contributed by atoms with Crippen LogP contribution in [0.1, 0.15) is 54.4 Å².